The molecule has 0 unspecified atom stereocenters. The molecule has 0 heterocycles. The average Bonchev–Trinajstić information content (AvgIpc) is 2.05. The summed E-state index contributed by atoms with van der Waals surface area (Å²) in [5, 5.41) is 2.61. The first-order chi connectivity index (χ1) is 5.74. The molecular formula is C8H13N4+. The van der Waals surface area contributed by atoms with E-state index in [0.717, 1.165) is 11.1 Å². The third kappa shape index (κ3) is 1.96. The highest BCUT2D eigenvalue weighted by Crippen LogP contribution is 2.00. The maximum atomic E-state index is 5.64. The summed E-state index contributed by atoms with van der Waals surface area (Å²) in [7, 11) is 0. The summed E-state index contributed by atoms with van der Waals surface area (Å²) >= 11 is 0. The van der Waals surface area contributed by atoms with Gasteiger partial charge in [0.25, 0.3) is 5.84 Å². The molecule has 0 bridgehead atoms. The number of rotatable bonds is 2. The molecule has 0 radical (unpaired) electrons. The summed E-state index contributed by atoms with van der Waals surface area (Å²) in [6.07, 6.45) is 0. The van der Waals surface area contributed by atoms with E-state index in [4.69, 9.17) is 11.6 Å². The molecule has 0 aromatic heterocycles. The lowest BCUT2D eigenvalue weighted by molar-refractivity contribution is -0.528. The fourth-order valence-corrected chi connectivity index (χ4v) is 0.963. The van der Waals surface area contributed by atoms with Crippen molar-refractivity contribution < 1.29 is 5.10 Å². The molecule has 0 amide bonds. The van der Waals surface area contributed by atoms with E-state index in [1.54, 1.807) is 0 Å². The SMILES string of the molecule is Cc1cccc(/C(N)=[NH+]/NN)c1. The lowest BCUT2D eigenvalue weighted by Gasteiger charge is -1.96. The van der Waals surface area contributed by atoms with Crippen molar-refractivity contribution >= 4 is 5.84 Å². The van der Waals surface area contributed by atoms with Crippen LogP contribution in [-0.4, -0.2) is 5.84 Å². The fraction of sp³-hybridized carbons (Fsp3) is 0.125. The van der Waals surface area contributed by atoms with Gasteiger partial charge in [-0.1, -0.05) is 17.7 Å². The summed E-state index contributed by atoms with van der Waals surface area (Å²) in [6, 6.07) is 7.83. The van der Waals surface area contributed by atoms with Crippen LogP contribution in [0.3, 0.4) is 0 Å². The van der Waals surface area contributed by atoms with E-state index >= 15 is 0 Å². The van der Waals surface area contributed by atoms with Crippen LogP contribution in [0.5, 0.6) is 0 Å². The van der Waals surface area contributed by atoms with E-state index < -0.39 is 0 Å². The molecule has 0 fully saturated rings. The molecule has 0 aliphatic heterocycles. The van der Waals surface area contributed by atoms with Gasteiger partial charge in [-0.3, -0.25) is 5.73 Å². The lowest BCUT2D eigenvalue weighted by Crippen LogP contribution is -2.87. The van der Waals surface area contributed by atoms with E-state index in [2.05, 4.69) is 10.6 Å². The van der Waals surface area contributed by atoms with Gasteiger partial charge in [-0.05, 0) is 19.1 Å². The van der Waals surface area contributed by atoms with E-state index in [9.17, 15) is 0 Å². The highest BCUT2D eigenvalue weighted by atomic mass is 15.5. The van der Waals surface area contributed by atoms with Crippen molar-refractivity contribution in [2.45, 2.75) is 6.92 Å². The van der Waals surface area contributed by atoms with Gasteiger partial charge in [0.15, 0.2) is 0 Å². The molecule has 4 nitrogen and oxygen atoms in total. The van der Waals surface area contributed by atoms with Gasteiger partial charge in [0.1, 0.15) is 0 Å². The summed E-state index contributed by atoms with van der Waals surface area (Å²) in [4.78, 5) is 0. The van der Waals surface area contributed by atoms with Gasteiger partial charge in [-0.15, -0.1) is 0 Å². The van der Waals surface area contributed by atoms with Gasteiger partial charge >= 0.3 is 0 Å². The number of hydrazine groups is 2. The molecule has 1 aromatic carbocycles. The van der Waals surface area contributed by atoms with Crippen LogP contribution in [0.15, 0.2) is 24.3 Å². The number of nitrogen functional groups attached to an aromatic ring is 1. The number of amidine groups is 1. The van der Waals surface area contributed by atoms with E-state index in [-0.39, 0.29) is 0 Å². The molecule has 0 atom stereocenters. The Balaban J connectivity index is 2.95. The molecule has 4 heteroatoms. The van der Waals surface area contributed by atoms with Crippen molar-refractivity contribution in [3.63, 3.8) is 0 Å². The van der Waals surface area contributed by atoms with Crippen LogP contribution in [-0.2, 0) is 0 Å². The van der Waals surface area contributed by atoms with Gasteiger partial charge in [0.2, 0.25) is 0 Å². The second kappa shape index (κ2) is 3.73. The number of aryl methyl sites for hydroxylation is 1. The van der Waals surface area contributed by atoms with Crippen molar-refractivity contribution in [2.24, 2.45) is 11.6 Å². The van der Waals surface area contributed by atoms with Crippen molar-refractivity contribution in [3.8, 4) is 0 Å². The van der Waals surface area contributed by atoms with Crippen LogP contribution in [0, 0.1) is 6.92 Å². The smallest absolute Gasteiger partial charge is 0.285 e. The van der Waals surface area contributed by atoms with Crippen molar-refractivity contribution in [1.82, 2.24) is 5.53 Å². The first-order valence-electron chi connectivity index (χ1n) is 3.65. The molecule has 0 aliphatic carbocycles. The minimum atomic E-state index is 0.515. The predicted octanol–water partition coefficient (Wildman–Crippen LogP) is -1.84. The van der Waals surface area contributed by atoms with Gasteiger partial charge in [-0.2, -0.15) is 10.6 Å². The highest BCUT2D eigenvalue weighted by Gasteiger charge is 2.02. The third-order valence-corrected chi connectivity index (χ3v) is 1.54. The Bertz CT molecular complexity index is 293. The molecule has 1 rings (SSSR count). The maximum absolute atomic E-state index is 5.64. The second-order valence-corrected chi connectivity index (χ2v) is 2.55. The Hall–Kier alpha value is -1.55. The number of nitrogens with two attached hydrogens (primary N) is 2. The van der Waals surface area contributed by atoms with Gasteiger partial charge in [0, 0.05) is 0 Å². The quantitative estimate of drug-likeness (QED) is 0.180. The van der Waals surface area contributed by atoms with Crippen LogP contribution in [0.4, 0.5) is 0 Å². The molecule has 0 saturated heterocycles. The van der Waals surface area contributed by atoms with Gasteiger partial charge < -0.3 is 0 Å². The zero-order valence-electron chi connectivity index (χ0n) is 6.96. The van der Waals surface area contributed by atoms with Crippen LogP contribution in [0.1, 0.15) is 11.1 Å². The van der Waals surface area contributed by atoms with Crippen LogP contribution >= 0.6 is 0 Å². The molecule has 1 aromatic rings. The Labute approximate surface area is 71.2 Å². The zero-order chi connectivity index (χ0) is 8.97. The third-order valence-electron chi connectivity index (χ3n) is 1.54. The van der Waals surface area contributed by atoms with E-state index in [0.29, 0.717) is 5.84 Å². The van der Waals surface area contributed by atoms with Crippen LogP contribution in [0.25, 0.3) is 0 Å². The number of hydrogen-bond acceptors (Lipinski definition) is 2. The summed E-state index contributed by atoms with van der Waals surface area (Å²) in [5.74, 6) is 5.56. The Kier molecular flexibility index (Phi) is 2.66. The minimum absolute atomic E-state index is 0.515. The van der Waals surface area contributed by atoms with Crippen LogP contribution < -0.4 is 22.2 Å². The zero-order valence-corrected chi connectivity index (χ0v) is 6.96. The first kappa shape index (κ1) is 8.55. The molecule has 0 aliphatic rings. The number of nitrogens with one attached hydrogen (secondary N) is 2. The van der Waals surface area contributed by atoms with E-state index in [1.165, 1.54) is 0 Å². The van der Waals surface area contributed by atoms with Gasteiger partial charge in [-0.25, -0.2) is 5.84 Å². The maximum Gasteiger partial charge on any atom is 0.297 e. The lowest BCUT2D eigenvalue weighted by atomic mass is 10.1. The second-order valence-electron chi connectivity index (χ2n) is 2.55. The first-order valence-corrected chi connectivity index (χ1v) is 3.65. The van der Waals surface area contributed by atoms with Crippen molar-refractivity contribution in [1.29, 1.82) is 0 Å². The Morgan fingerprint density at radius 3 is 2.83 bits per heavy atom. The number of hydrazone groups is 1. The summed E-state index contributed by atoms with van der Waals surface area (Å²) in [6.45, 7) is 2.01. The number of hydrogen-bond donors (Lipinski definition) is 4. The normalized spacial score (nSPS) is 11.3. The van der Waals surface area contributed by atoms with Crippen molar-refractivity contribution in [2.75, 3.05) is 0 Å². The Morgan fingerprint density at radius 2 is 2.25 bits per heavy atom. The molecule has 64 valence electrons. The van der Waals surface area contributed by atoms with Crippen LogP contribution in [0.2, 0.25) is 0 Å². The molecule has 0 saturated carbocycles. The van der Waals surface area contributed by atoms with Gasteiger partial charge in [0.05, 0.1) is 5.56 Å². The summed E-state index contributed by atoms with van der Waals surface area (Å²) < 4.78 is 0. The molecule has 0 spiro atoms. The number of benzene rings is 1. The monoisotopic (exact) mass is 165 g/mol. The highest BCUT2D eigenvalue weighted by molar-refractivity contribution is 5.92. The largest absolute Gasteiger partial charge is 0.297 e. The van der Waals surface area contributed by atoms with Crippen molar-refractivity contribution in [3.05, 3.63) is 35.4 Å². The molecule has 12 heavy (non-hydrogen) atoms. The predicted molar refractivity (Wildman–Crippen MR) is 47.8 cm³/mol. The molecular weight excluding hydrogens is 152 g/mol. The Morgan fingerprint density at radius 1 is 1.50 bits per heavy atom. The van der Waals surface area contributed by atoms with E-state index in [1.807, 2.05) is 31.2 Å². The summed E-state index contributed by atoms with van der Waals surface area (Å²) in [5.41, 5.74) is 10.00. The fourth-order valence-electron chi connectivity index (χ4n) is 0.963. The molecule has 6 N–H and O–H groups in total. The minimum Gasteiger partial charge on any atom is -0.285 e. The average molecular weight is 165 g/mol. The standard InChI is InChI=1S/C8H12N4/c1-6-3-2-4-7(5-6)8(9)11-12-10/h2-5,12H,10H2,1H3,(H2,9,11)/p+1. The topological polar surface area (TPSA) is 78.0 Å².